The molecule has 0 saturated heterocycles. The van der Waals surface area contributed by atoms with Crippen molar-refractivity contribution in [2.45, 2.75) is 52.4 Å². The number of pyridine rings is 2. The monoisotopic (exact) mass is 654 g/mol. The first-order valence-electron chi connectivity index (χ1n) is 15.2. The number of halogens is 2. The SMILES string of the molecule is Cc1cc(C(=O)Nc2ccc3c(c2)N(C)C(=O)C3(C)C)c(F)cn1.Cc1ccc(C(=O)Nc2ccc3c(c2F)N(C)C(=O)C3(C)C)cn1. The molecule has 10 nitrogen and oxygen atoms in total. The van der Waals surface area contributed by atoms with Gasteiger partial charge in [-0.2, -0.15) is 0 Å². The van der Waals surface area contributed by atoms with Crippen LogP contribution in [0.25, 0.3) is 0 Å². The summed E-state index contributed by atoms with van der Waals surface area (Å²) in [6.07, 6.45) is 2.47. The van der Waals surface area contributed by atoms with Gasteiger partial charge in [0.15, 0.2) is 11.6 Å². The van der Waals surface area contributed by atoms with E-state index in [-0.39, 0.29) is 28.8 Å². The molecule has 0 radical (unpaired) electrons. The first-order valence-corrected chi connectivity index (χ1v) is 15.2. The molecule has 48 heavy (non-hydrogen) atoms. The van der Waals surface area contributed by atoms with Crippen molar-refractivity contribution < 1.29 is 28.0 Å². The number of nitrogens with one attached hydrogen (secondary N) is 2. The third kappa shape index (κ3) is 5.89. The number of anilines is 4. The normalized spacial score (nSPS) is 15.4. The van der Waals surface area contributed by atoms with Gasteiger partial charge in [0.1, 0.15) is 0 Å². The lowest BCUT2D eigenvalue weighted by Gasteiger charge is -2.16. The van der Waals surface area contributed by atoms with Gasteiger partial charge < -0.3 is 20.4 Å². The molecule has 4 amide bonds. The zero-order chi connectivity index (χ0) is 35.3. The van der Waals surface area contributed by atoms with E-state index < -0.39 is 34.3 Å². The van der Waals surface area contributed by atoms with Gasteiger partial charge in [-0.3, -0.25) is 29.1 Å². The number of rotatable bonds is 4. The van der Waals surface area contributed by atoms with E-state index >= 15 is 0 Å². The Balaban J connectivity index is 0.000000188. The summed E-state index contributed by atoms with van der Waals surface area (Å²) in [4.78, 5) is 59.9. The van der Waals surface area contributed by atoms with Gasteiger partial charge in [-0.15, -0.1) is 0 Å². The van der Waals surface area contributed by atoms with Crippen molar-refractivity contribution in [2.24, 2.45) is 0 Å². The Morgan fingerprint density at radius 1 is 0.729 bits per heavy atom. The average molecular weight is 655 g/mol. The van der Waals surface area contributed by atoms with Gasteiger partial charge >= 0.3 is 0 Å². The van der Waals surface area contributed by atoms with Gasteiger partial charge in [0, 0.05) is 43.1 Å². The maximum Gasteiger partial charge on any atom is 0.258 e. The molecular formula is C36H36F2N6O4. The van der Waals surface area contributed by atoms with Crippen molar-refractivity contribution in [1.29, 1.82) is 0 Å². The lowest BCUT2D eigenvalue weighted by molar-refractivity contribution is -0.122. The van der Waals surface area contributed by atoms with Crippen LogP contribution in [0.1, 0.15) is 70.9 Å². The standard InChI is InChI=1S/2C18H18FN3O2/c1-10-7-12(14(19)9-20-10)16(23)21-11-5-6-13-15(8-11)22(4)17(24)18(13,2)3;1-10-5-6-11(9-20-10)16(23)21-13-8-7-12-15(14(13)19)22(4)17(24)18(12,2)3/h2*5-9H,1-4H3,(H,21,23). The number of nitrogens with zero attached hydrogens (tertiary/aromatic N) is 4. The van der Waals surface area contributed by atoms with Crippen LogP contribution >= 0.6 is 0 Å². The molecular weight excluding hydrogens is 618 g/mol. The summed E-state index contributed by atoms with van der Waals surface area (Å²) in [7, 11) is 3.24. The minimum atomic E-state index is -0.783. The van der Waals surface area contributed by atoms with Gasteiger partial charge in [0.2, 0.25) is 11.8 Å². The molecule has 0 saturated carbocycles. The molecule has 0 atom stereocenters. The van der Waals surface area contributed by atoms with E-state index in [4.69, 9.17) is 0 Å². The Kier molecular flexibility index (Phi) is 8.64. The van der Waals surface area contributed by atoms with Crippen LogP contribution in [-0.2, 0) is 20.4 Å². The van der Waals surface area contributed by atoms with Crippen molar-refractivity contribution in [3.05, 3.63) is 106 Å². The molecule has 2 N–H and O–H groups in total. The molecule has 2 aromatic heterocycles. The first-order chi connectivity index (χ1) is 22.4. The molecule has 0 fully saturated rings. The van der Waals surface area contributed by atoms with E-state index in [1.165, 1.54) is 30.3 Å². The molecule has 4 heterocycles. The highest BCUT2D eigenvalue weighted by molar-refractivity contribution is 6.10. The third-order valence-electron chi connectivity index (χ3n) is 8.75. The number of hydrogen-bond acceptors (Lipinski definition) is 6. The number of aryl methyl sites for hydroxylation is 2. The lowest BCUT2D eigenvalue weighted by Crippen LogP contribution is -2.33. The summed E-state index contributed by atoms with van der Waals surface area (Å²) in [5, 5.41) is 5.22. The van der Waals surface area contributed by atoms with Crippen molar-refractivity contribution in [3.8, 4) is 0 Å². The molecule has 2 aliphatic rings. The highest BCUT2D eigenvalue weighted by Crippen LogP contribution is 2.44. The number of aromatic nitrogens is 2. The molecule has 248 valence electrons. The molecule has 0 unspecified atom stereocenters. The van der Waals surface area contributed by atoms with E-state index in [0.29, 0.717) is 22.5 Å². The second kappa shape index (κ2) is 12.3. The molecule has 2 aliphatic heterocycles. The predicted molar refractivity (Wildman–Crippen MR) is 180 cm³/mol. The minimum absolute atomic E-state index is 0.00298. The van der Waals surface area contributed by atoms with Crippen LogP contribution < -0.4 is 20.4 Å². The van der Waals surface area contributed by atoms with Crippen LogP contribution in [0.15, 0.2) is 60.9 Å². The number of benzene rings is 2. The summed E-state index contributed by atoms with van der Waals surface area (Å²) in [6.45, 7) is 10.8. The first kappa shape index (κ1) is 33.8. The summed E-state index contributed by atoms with van der Waals surface area (Å²) in [5.74, 6) is -2.47. The van der Waals surface area contributed by atoms with E-state index in [0.717, 1.165) is 23.1 Å². The number of carbonyl (C=O) groups is 4. The number of carbonyl (C=O) groups excluding carboxylic acids is 4. The minimum Gasteiger partial charge on any atom is -0.322 e. The number of hydrogen-bond donors (Lipinski definition) is 2. The van der Waals surface area contributed by atoms with Crippen molar-refractivity contribution in [1.82, 2.24) is 9.97 Å². The average Bonchev–Trinajstić information content (AvgIpc) is 3.33. The highest BCUT2D eigenvalue weighted by Gasteiger charge is 2.44. The Labute approximate surface area is 277 Å². The lowest BCUT2D eigenvalue weighted by atomic mass is 9.86. The van der Waals surface area contributed by atoms with Crippen LogP contribution in [0.2, 0.25) is 0 Å². The molecule has 0 aliphatic carbocycles. The fourth-order valence-corrected chi connectivity index (χ4v) is 5.90. The van der Waals surface area contributed by atoms with Gasteiger partial charge in [0.05, 0.1) is 39.5 Å². The Hall–Kier alpha value is -5.52. The van der Waals surface area contributed by atoms with Gasteiger partial charge in [-0.25, -0.2) is 8.78 Å². The molecule has 0 bridgehead atoms. The smallest absolute Gasteiger partial charge is 0.258 e. The summed E-state index contributed by atoms with van der Waals surface area (Å²) >= 11 is 0. The van der Waals surface area contributed by atoms with E-state index in [2.05, 4.69) is 20.6 Å². The predicted octanol–water partition coefficient (Wildman–Crippen LogP) is 6.07. The highest BCUT2D eigenvalue weighted by atomic mass is 19.1. The van der Waals surface area contributed by atoms with Crippen LogP contribution in [0.3, 0.4) is 0 Å². The molecule has 6 rings (SSSR count). The van der Waals surface area contributed by atoms with Gasteiger partial charge in [-0.05, 0) is 89.1 Å². The van der Waals surface area contributed by atoms with E-state index in [1.807, 2.05) is 26.8 Å². The molecule has 2 aromatic carbocycles. The van der Waals surface area contributed by atoms with Crippen LogP contribution in [-0.4, -0.2) is 47.7 Å². The zero-order valence-corrected chi connectivity index (χ0v) is 28.0. The molecule has 12 heteroatoms. The van der Waals surface area contributed by atoms with E-state index in [1.54, 1.807) is 63.1 Å². The topological polar surface area (TPSA) is 125 Å². The van der Waals surface area contributed by atoms with Crippen LogP contribution in [0, 0.1) is 25.5 Å². The van der Waals surface area contributed by atoms with Crippen LogP contribution in [0.4, 0.5) is 31.5 Å². The van der Waals surface area contributed by atoms with Gasteiger partial charge in [0.25, 0.3) is 11.8 Å². The van der Waals surface area contributed by atoms with Crippen LogP contribution in [0.5, 0.6) is 0 Å². The maximum absolute atomic E-state index is 14.9. The zero-order valence-electron chi connectivity index (χ0n) is 28.0. The van der Waals surface area contributed by atoms with Crippen molar-refractivity contribution >= 4 is 46.4 Å². The summed E-state index contributed by atoms with van der Waals surface area (Å²) < 4.78 is 28.6. The molecule has 0 spiro atoms. The Bertz CT molecular complexity index is 1990. The maximum atomic E-state index is 14.9. The summed E-state index contributed by atoms with van der Waals surface area (Å²) in [5.41, 5.74) is 3.26. The second-order valence-corrected chi connectivity index (χ2v) is 12.9. The third-order valence-corrected chi connectivity index (χ3v) is 8.75. The Morgan fingerprint density at radius 2 is 1.35 bits per heavy atom. The Morgan fingerprint density at radius 3 is 2.02 bits per heavy atom. The van der Waals surface area contributed by atoms with E-state index in [9.17, 15) is 28.0 Å². The molecule has 4 aromatic rings. The van der Waals surface area contributed by atoms with Crippen molar-refractivity contribution in [3.63, 3.8) is 0 Å². The quantitative estimate of drug-likeness (QED) is 0.275. The van der Waals surface area contributed by atoms with Crippen molar-refractivity contribution in [2.75, 3.05) is 34.5 Å². The summed E-state index contributed by atoms with van der Waals surface area (Å²) in [6, 6.07) is 13.2. The number of amides is 4. The fraction of sp³-hybridized carbons (Fsp3) is 0.278. The fourth-order valence-electron chi connectivity index (χ4n) is 5.90. The largest absolute Gasteiger partial charge is 0.322 e. The van der Waals surface area contributed by atoms with Gasteiger partial charge in [-0.1, -0.05) is 12.1 Å². The second-order valence-electron chi connectivity index (χ2n) is 12.9. The number of fused-ring (bicyclic) bond motifs is 2. The number of likely N-dealkylation sites (N-methyl/N-ethyl adjacent to an activating group) is 2.